The second-order valence-corrected chi connectivity index (χ2v) is 2.58. The molecule has 1 aromatic rings. The van der Waals surface area contributed by atoms with Crippen molar-refractivity contribution >= 4 is 12.2 Å². The summed E-state index contributed by atoms with van der Waals surface area (Å²) in [5.74, 6) is 1.68. The molecule has 0 aliphatic rings. The molecule has 0 aliphatic heterocycles. The number of hydrogen-bond acceptors (Lipinski definition) is 2. The maximum atomic E-state index is 13.1. The summed E-state index contributed by atoms with van der Waals surface area (Å²) < 4.78 is 13.1. The number of terminal acetylenes is 1. The fourth-order valence-electron chi connectivity index (χ4n) is 0.966. The molecule has 0 atom stereocenters. The zero-order valence-corrected chi connectivity index (χ0v) is 7.70. The number of carbonyl (C=O) groups excluding carboxylic acids is 1. The van der Waals surface area contributed by atoms with Crippen molar-refractivity contribution in [1.29, 1.82) is 0 Å². The highest BCUT2D eigenvalue weighted by molar-refractivity contribution is 5.84. The lowest BCUT2D eigenvalue weighted by molar-refractivity contribution is 0.249. The van der Waals surface area contributed by atoms with Crippen molar-refractivity contribution in [3.63, 3.8) is 0 Å². The molecule has 0 aromatic heterocycles. The lowest BCUT2D eigenvalue weighted by Gasteiger charge is -1.99. The minimum atomic E-state index is -0.801. The minimum absolute atomic E-state index is 0.0903. The predicted octanol–water partition coefficient (Wildman–Crippen LogP) is 0.809. The summed E-state index contributed by atoms with van der Waals surface area (Å²) >= 11 is 0. The van der Waals surface area contributed by atoms with Crippen LogP contribution in [0.4, 0.5) is 9.18 Å². The summed E-state index contributed by atoms with van der Waals surface area (Å²) in [6.07, 6.45) is 6.34. The zero-order chi connectivity index (χ0) is 11.3. The molecule has 0 saturated heterocycles. The highest BCUT2D eigenvalue weighted by atomic mass is 19.1. The van der Waals surface area contributed by atoms with Gasteiger partial charge in [0.1, 0.15) is 5.82 Å². The number of urea groups is 1. The van der Waals surface area contributed by atoms with Crippen LogP contribution in [0.5, 0.6) is 0 Å². The Morgan fingerprint density at radius 2 is 2.40 bits per heavy atom. The molecule has 0 fully saturated rings. The lowest BCUT2D eigenvalue weighted by atomic mass is 10.1. The van der Waals surface area contributed by atoms with E-state index in [0.717, 1.165) is 0 Å². The molecule has 0 radical (unpaired) electrons. The number of benzene rings is 1. The van der Waals surface area contributed by atoms with Crippen LogP contribution in [0.25, 0.3) is 0 Å². The van der Waals surface area contributed by atoms with Crippen LogP contribution in [-0.2, 0) is 0 Å². The fourth-order valence-corrected chi connectivity index (χ4v) is 0.966. The Morgan fingerprint density at radius 3 is 3.00 bits per heavy atom. The number of amides is 2. The molecule has 3 N–H and O–H groups in total. The zero-order valence-electron chi connectivity index (χ0n) is 7.70. The standard InChI is InChI=1S/C10H8FN3O/c1-2-8-7(4-3-5-9(8)11)6-13-14-10(12)15/h1,3-6H,(H3,12,14,15). The number of nitrogens with zero attached hydrogens (tertiary/aromatic N) is 1. The van der Waals surface area contributed by atoms with Crippen molar-refractivity contribution in [2.24, 2.45) is 10.8 Å². The molecule has 0 unspecified atom stereocenters. The number of hydrogen-bond donors (Lipinski definition) is 2. The minimum Gasteiger partial charge on any atom is -0.350 e. The summed E-state index contributed by atoms with van der Waals surface area (Å²) in [5, 5.41) is 3.48. The maximum Gasteiger partial charge on any atom is 0.332 e. The molecule has 5 heteroatoms. The van der Waals surface area contributed by atoms with Gasteiger partial charge in [-0.25, -0.2) is 14.6 Å². The number of nitrogens with two attached hydrogens (primary N) is 1. The van der Waals surface area contributed by atoms with E-state index in [9.17, 15) is 9.18 Å². The Balaban J connectivity index is 2.96. The van der Waals surface area contributed by atoms with E-state index < -0.39 is 11.8 Å². The second kappa shape index (κ2) is 4.77. The third kappa shape index (κ3) is 2.81. The predicted molar refractivity (Wildman–Crippen MR) is 54.6 cm³/mol. The van der Waals surface area contributed by atoms with Crippen LogP contribution >= 0.6 is 0 Å². The molecule has 1 aromatic carbocycles. The first-order valence-electron chi connectivity index (χ1n) is 3.98. The molecule has 15 heavy (non-hydrogen) atoms. The van der Waals surface area contributed by atoms with Gasteiger partial charge in [-0.15, -0.1) is 6.42 Å². The van der Waals surface area contributed by atoms with E-state index in [4.69, 9.17) is 12.2 Å². The van der Waals surface area contributed by atoms with Crippen LogP contribution < -0.4 is 11.2 Å². The maximum absolute atomic E-state index is 13.1. The van der Waals surface area contributed by atoms with Crippen LogP contribution in [0.1, 0.15) is 11.1 Å². The number of nitrogens with one attached hydrogen (secondary N) is 1. The van der Waals surface area contributed by atoms with Gasteiger partial charge in [-0.3, -0.25) is 0 Å². The van der Waals surface area contributed by atoms with E-state index >= 15 is 0 Å². The van der Waals surface area contributed by atoms with Crippen LogP contribution in [-0.4, -0.2) is 12.2 Å². The van der Waals surface area contributed by atoms with E-state index in [1.54, 1.807) is 6.07 Å². The Kier molecular flexibility index (Phi) is 3.41. The molecule has 0 aliphatic carbocycles. The van der Waals surface area contributed by atoms with Gasteiger partial charge in [0.05, 0.1) is 11.8 Å². The quantitative estimate of drug-likeness (QED) is 0.418. The van der Waals surface area contributed by atoms with E-state index in [2.05, 4.69) is 11.0 Å². The number of hydrazone groups is 1. The summed E-state index contributed by atoms with van der Waals surface area (Å²) in [4.78, 5) is 10.3. The number of primary amides is 1. The van der Waals surface area contributed by atoms with Crippen molar-refractivity contribution in [3.05, 3.63) is 35.1 Å². The SMILES string of the molecule is C#Cc1c(F)cccc1C=NNC(N)=O. The topological polar surface area (TPSA) is 67.5 Å². The summed E-state index contributed by atoms with van der Waals surface area (Å²) in [7, 11) is 0. The summed E-state index contributed by atoms with van der Waals surface area (Å²) in [6, 6.07) is 3.50. The van der Waals surface area contributed by atoms with E-state index in [-0.39, 0.29) is 5.56 Å². The first-order chi connectivity index (χ1) is 7.15. The molecule has 2 amide bonds. The van der Waals surface area contributed by atoms with Crippen molar-refractivity contribution in [3.8, 4) is 12.3 Å². The van der Waals surface area contributed by atoms with Gasteiger partial charge in [0.15, 0.2) is 0 Å². The first-order valence-corrected chi connectivity index (χ1v) is 3.98. The van der Waals surface area contributed by atoms with Crippen LogP contribution in [0.15, 0.2) is 23.3 Å². The van der Waals surface area contributed by atoms with Crippen LogP contribution in [0, 0.1) is 18.2 Å². The average molecular weight is 205 g/mol. The molecule has 0 saturated carbocycles. The van der Waals surface area contributed by atoms with Crippen LogP contribution in [0.3, 0.4) is 0 Å². The Hall–Kier alpha value is -2.35. The largest absolute Gasteiger partial charge is 0.350 e. The van der Waals surface area contributed by atoms with Crippen molar-refractivity contribution in [1.82, 2.24) is 5.43 Å². The Morgan fingerprint density at radius 1 is 1.67 bits per heavy atom. The van der Waals surface area contributed by atoms with Gasteiger partial charge in [0.2, 0.25) is 0 Å². The van der Waals surface area contributed by atoms with Crippen molar-refractivity contribution in [2.45, 2.75) is 0 Å². The molecular weight excluding hydrogens is 197 g/mol. The van der Waals surface area contributed by atoms with Crippen molar-refractivity contribution in [2.75, 3.05) is 0 Å². The summed E-state index contributed by atoms with van der Waals surface area (Å²) in [6.45, 7) is 0. The second-order valence-electron chi connectivity index (χ2n) is 2.58. The smallest absolute Gasteiger partial charge is 0.332 e. The monoisotopic (exact) mass is 205 g/mol. The lowest BCUT2D eigenvalue weighted by Crippen LogP contribution is -2.24. The number of halogens is 1. The molecule has 0 spiro atoms. The van der Waals surface area contributed by atoms with Gasteiger partial charge in [-0.2, -0.15) is 5.10 Å². The molecule has 4 nitrogen and oxygen atoms in total. The summed E-state index contributed by atoms with van der Waals surface area (Å²) in [5.41, 5.74) is 7.25. The number of carbonyl (C=O) groups is 1. The molecule has 1 rings (SSSR count). The van der Waals surface area contributed by atoms with E-state index in [0.29, 0.717) is 5.56 Å². The van der Waals surface area contributed by atoms with Gasteiger partial charge in [-0.05, 0) is 6.07 Å². The number of rotatable bonds is 2. The van der Waals surface area contributed by atoms with E-state index in [1.165, 1.54) is 18.3 Å². The molecular formula is C10H8FN3O. The average Bonchev–Trinajstić information content (AvgIpc) is 2.17. The first kappa shape index (κ1) is 10.7. The molecule has 76 valence electrons. The highest BCUT2D eigenvalue weighted by Gasteiger charge is 2.02. The van der Waals surface area contributed by atoms with Gasteiger partial charge >= 0.3 is 6.03 Å². The Bertz CT molecular complexity index is 448. The third-order valence-corrected chi connectivity index (χ3v) is 1.57. The molecule has 0 bridgehead atoms. The molecule has 0 heterocycles. The van der Waals surface area contributed by atoms with Gasteiger partial charge in [0, 0.05) is 5.56 Å². The van der Waals surface area contributed by atoms with Crippen molar-refractivity contribution < 1.29 is 9.18 Å². The third-order valence-electron chi connectivity index (χ3n) is 1.57. The van der Waals surface area contributed by atoms with E-state index in [1.807, 2.05) is 5.43 Å². The normalized spacial score (nSPS) is 9.87. The van der Waals surface area contributed by atoms with Gasteiger partial charge in [0.25, 0.3) is 0 Å². The fraction of sp³-hybridized carbons (Fsp3) is 0. The van der Waals surface area contributed by atoms with Crippen LogP contribution in [0.2, 0.25) is 0 Å². The Labute approximate surface area is 86.0 Å². The van der Waals surface area contributed by atoms with Gasteiger partial charge in [-0.1, -0.05) is 18.1 Å². The highest BCUT2D eigenvalue weighted by Crippen LogP contribution is 2.09. The van der Waals surface area contributed by atoms with Gasteiger partial charge < -0.3 is 5.73 Å².